The Morgan fingerprint density at radius 3 is 2.33 bits per heavy atom. The lowest BCUT2D eigenvalue weighted by molar-refractivity contribution is -0.524. The molecular weight excluding hydrogens is 161 g/mol. The average molecular weight is 169 g/mol. The predicted octanol–water partition coefficient (Wildman–Crippen LogP) is 2.16. The smallest absolute Gasteiger partial charge is 0.235 e. The van der Waals surface area contributed by atoms with Crippen LogP contribution in [0.3, 0.4) is 0 Å². The zero-order valence-electron chi connectivity index (χ0n) is 6.53. The summed E-state index contributed by atoms with van der Waals surface area (Å²) >= 11 is 0. The van der Waals surface area contributed by atoms with Crippen LogP contribution < -0.4 is 0 Å². The van der Waals surface area contributed by atoms with Gasteiger partial charge >= 0.3 is 0 Å². The van der Waals surface area contributed by atoms with Gasteiger partial charge in [-0.05, 0) is 24.3 Å². The highest BCUT2D eigenvalue weighted by Gasteiger charge is 2.14. The zero-order valence-corrected chi connectivity index (χ0v) is 6.53. The molecule has 12 heavy (non-hydrogen) atoms. The van der Waals surface area contributed by atoms with Gasteiger partial charge in [0, 0.05) is 17.4 Å². The van der Waals surface area contributed by atoms with Crippen LogP contribution in [-0.2, 0) is 0 Å². The number of hydrogen-bond donors (Lipinski definition) is 0. The lowest BCUT2D eigenvalue weighted by Crippen LogP contribution is -2.05. The molecule has 64 valence electrons. The van der Waals surface area contributed by atoms with Crippen molar-refractivity contribution in [1.29, 1.82) is 0 Å². The minimum absolute atomic E-state index is 0.380. The first-order chi connectivity index (χ1) is 5.61. The van der Waals surface area contributed by atoms with Crippen LogP contribution in [0.4, 0.5) is 4.39 Å². The molecule has 0 saturated heterocycles. The quantitative estimate of drug-likeness (QED) is 0.503. The molecule has 1 aromatic rings. The lowest BCUT2D eigenvalue weighted by Gasteiger charge is -2.02. The fourth-order valence-corrected chi connectivity index (χ4v) is 0.863. The molecule has 1 rings (SSSR count). The molecule has 0 aliphatic heterocycles. The maximum absolute atomic E-state index is 12.4. The summed E-state index contributed by atoms with van der Waals surface area (Å²) in [5.74, 6) is -0.380. The van der Waals surface area contributed by atoms with Gasteiger partial charge in [-0.2, -0.15) is 0 Å². The number of rotatable bonds is 2. The van der Waals surface area contributed by atoms with Crippen molar-refractivity contribution in [2.45, 2.75) is 13.0 Å². The number of nitro groups is 1. The maximum atomic E-state index is 12.4. The number of nitrogens with zero attached hydrogens (tertiary/aromatic N) is 1. The minimum Gasteiger partial charge on any atom is -0.264 e. The monoisotopic (exact) mass is 169 g/mol. The minimum atomic E-state index is -0.773. The first-order valence-electron chi connectivity index (χ1n) is 3.50. The van der Waals surface area contributed by atoms with Crippen molar-refractivity contribution < 1.29 is 9.31 Å². The first kappa shape index (κ1) is 8.64. The molecular formula is C8H8FNO2. The Balaban J connectivity index is 2.89. The van der Waals surface area contributed by atoms with Gasteiger partial charge < -0.3 is 0 Å². The average Bonchev–Trinajstić information content (AvgIpc) is 2.04. The van der Waals surface area contributed by atoms with Crippen LogP contribution in [0.1, 0.15) is 18.5 Å². The fourth-order valence-electron chi connectivity index (χ4n) is 0.863. The molecule has 0 amide bonds. The molecule has 1 unspecified atom stereocenters. The van der Waals surface area contributed by atoms with Crippen molar-refractivity contribution in [3.05, 3.63) is 45.8 Å². The van der Waals surface area contributed by atoms with Gasteiger partial charge in [0.1, 0.15) is 5.82 Å². The van der Waals surface area contributed by atoms with Crippen molar-refractivity contribution in [2.24, 2.45) is 0 Å². The van der Waals surface area contributed by atoms with E-state index >= 15 is 0 Å². The number of benzene rings is 1. The van der Waals surface area contributed by atoms with Crippen LogP contribution in [0, 0.1) is 15.9 Å². The normalized spacial score (nSPS) is 12.5. The van der Waals surface area contributed by atoms with Gasteiger partial charge in [-0.15, -0.1) is 0 Å². The second kappa shape index (κ2) is 3.30. The molecule has 0 aliphatic carbocycles. The molecule has 4 heteroatoms. The first-order valence-corrected chi connectivity index (χ1v) is 3.50. The molecule has 0 spiro atoms. The Kier molecular flexibility index (Phi) is 2.38. The van der Waals surface area contributed by atoms with Crippen LogP contribution in [0.2, 0.25) is 0 Å². The summed E-state index contributed by atoms with van der Waals surface area (Å²) in [5.41, 5.74) is 0.515. The summed E-state index contributed by atoms with van der Waals surface area (Å²) < 4.78 is 12.4. The third kappa shape index (κ3) is 1.78. The zero-order chi connectivity index (χ0) is 9.14. The van der Waals surface area contributed by atoms with E-state index in [4.69, 9.17) is 0 Å². The molecule has 0 radical (unpaired) electrons. The molecule has 0 saturated carbocycles. The molecule has 0 N–H and O–H groups in total. The molecule has 3 nitrogen and oxygen atoms in total. The Morgan fingerprint density at radius 2 is 1.92 bits per heavy atom. The SMILES string of the molecule is CC(c1ccc(F)cc1)[N+](=O)[O-]. The second-order valence-corrected chi connectivity index (χ2v) is 2.51. The Labute approximate surface area is 69.0 Å². The highest BCUT2D eigenvalue weighted by atomic mass is 19.1. The largest absolute Gasteiger partial charge is 0.264 e. The summed E-state index contributed by atoms with van der Waals surface area (Å²) in [6.45, 7) is 1.47. The molecule has 1 atom stereocenters. The van der Waals surface area contributed by atoms with E-state index in [1.165, 1.54) is 31.2 Å². The molecule has 0 aliphatic rings. The van der Waals surface area contributed by atoms with Gasteiger partial charge in [-0.25, -0.2) is 4.39 Å². The number of hydrogen-bond acceptors (Lipinski definition) is 2. The molecule has 0 bridgehead atoms. The topological polar surface area (TPSA) is 43.1 Å². The fraction of sp³-hybridized carbons (Fsp3) is 0.250. The van der Waals surface area contributed by atoms with Gasteiger partial charge in [0.2, 0.25) is 6.04 Å². The summed E-state index contributed by atoms with van der Waals surface area (Å²) in [7, 11) is 0. The van der Waals surface area contributed by atoms with Crippen molar-refractivity contribution in [1.82, 2.24) is 0 Å². The Bertz CT molecular complexity index is 284. The van der Waals surface area contributed by atoms with Crippen LogP contribution in [0.25, 0.3) is 0 Å². The highest BCUT2D eigenvalue weighted by Crippen LogP contribution is 2.15. The van der Waals surface area contributed by atoms with E-state index in [-0.39, 0.29) is 5.82 Å². The van der Waals surface area contributed by atoms with E-state index < -0.39 is 11.0 Å². The van der Waals surface area contributed by atoms with Gasteiger partial charge in [-0.3, -0.25) is 10.1 Å². The van der Waals surface area contributed by atoms with Crippen LogP contribution in [-0.4, -0.2) is 4.92 Å². The van der Waals surface area contributed by atoms with Crippen molar-refractivity contribution >= 4 is 0 Å². The second-order valence-electron chi connectivity index (χ2n) is 2.51. The van der Waals surface area contributed by atoms with E-state index in [2.05, 4.69) is 0 Å². The Hall–Kier alpha value is -1.45. The summed E-state index contributed by atoms with van der Waals surface area (Å²) in [6, 6.07) is 4.50. The third-order valence-corrected chi connectivity index (χ3v) is 1.67. The highest BCUT2D eigenvalue weighted by molar-refractivity contribution is 5.17. The van der Waals surface area contributed by atoms with Crippen LogP contribution >= 0.6 is 0 Å². The van der Waals surface area contributed by atoms with Crippen LogP contribution in [0.15, 0.2) is 24.3 Å². The molecule has 0 aromatic heterocycles. The van der Waals surface area contributed by atoms with E-state index in [1.807, 2.05) is 0 Å². The number of halogens is 1. The summed E-state index contributed by atoms with van der Waals surface area (Å²) in [4.78, 5) is 9.89. The molecule has 0 fully saturated rings. The van der Waals surface area contributed by atoms with Gasteiger partial charge in [-0.1, -0.05) is 0 Å². The van der Waals surface area contributed by atoms with E-state index in [0.29, 0.717) is 5.56 Å². The molecule has 0 heterocycles. The van der Waals surface area contributed by atoms with Crippen molar-refractivity contribution in [3.63, 3.8) is 0 Å². The maximum Gasteiger partial charge on any atom is 0.235 e. The standard InChI is InChI=1S/C8H8FNO2/c1-6(10(11)12)7-2-4-8(9)5-3-7/h2-6H,1H3. The van der Waals surface area contributed by atoms with Gasteiger partial charge in [0.15, 0.2) is 0 Å². The van der Waals surface area contributed by atoms with E-state index in [1.54, 1.807) is 0 Å². The van der Waals surface area contributed by atoms with Gasteiger partial charge in [0.05, 0.1) is 0 Å². The van der Waals surface area contributed by atoms with Crippen molar-refractivity contribution in [2.75, 3.05) is 0 Å². The predicted molar refractivity (Wildman–Crippen MR) is 41.8 cm³/mol. The Morgan fingerprint density at radius 1 is 1.42 bits per heavy atom. The van der Waals surface area contributed by atoms with E-state index in [9.17, 15) is 14.5 Å². The third-order valence-electron chi connectivity index (χ3n) is 1.67. The molecule has 1 aromatic carbocycles. The summed E-state index contributed by atoms with van der Waals surface area (Å²) in [5, 5.41) is 10.3. The van der Waals surface area contributed by atoms with E-state index in [0.717, 1.165) is 0 Å². The van der Waals surface area contributed by atoms with Gasteiger partial charge in [0.25, 0.3) is 0 Å². The summed E-state index contributed by atoms with van der Waals surface area (Å²) in [6.07, 6.45) is 0. The lowest BCUT2D eigenvalue weighted by atomic mass is 10.1. The van der Waals surface area contributed by atoms with Crippen molar-refractivity contribution in [3.8, 4) is 0 Å². The van der Waals surface area contributed by atoms with Crippen LogP contribution in [0.5, 0.6) is 0 Å².